The highest BCUT2D eigenvalue weighted by atomic mass is 32.2. The van der Waals surface area contributed by atoms with Gasteiger partial charge < -0.3 is 13.9 Å². The zero-order valence-corrected chi connectivity index (χ0v) is 11.5. The summed E-state index contributed by atoms with van der Waals surface area (Å²) in [5, 5.41) is 10.5. The van der Waals surface area contributed by atoms with E-state index < -0.39 is 15.6 Å². The Morgan fingerprint density at radius 2 is 2.15 bits per heavy atom. The normalized spacial score (nSPS) is 18.9. The maximum atomic E-state index is 11.9. The van der Waals surface area contributed by atoms with Gasteiger partial charge in [-0.1, -0.05) is 0 Å². The minimum Gasteiger partial charge on any atom is -0.472 e. The highest BCUT2D eigenvalue weighted by Gasteiger charge is 2.40. The summed E-state index contributed by atoms with van der Waals surface area (Å²) < 4.78 is 36.5. The molecule has 2 N–H and O–H groups in total. The third kappa shape index (κ3) is 2.39. The standard InChI is InChI=1S/C13H15NO5S/c15-13(10-5-7-18-8-10,12-2-1-6-19-12)9-14-20(16,17)11-3-4-11/h1-2,5-8,11,14-15H,3-4,9H2/t13-/m1/s1. The molecule has 0 bridgehead atoms. The number of furan rings is 2. The number of sulfonamides is 1. The predicted octanol–water partition coefficient (Wildman–Crippen LogP) is 1.19. The first-order valence-corrected chi connectivity index (χ1v) is 7.84. The Hall–Kier alpha value is -1.57. The van der Waals surface area contributed by atoms with E-state index in [-0.39, 0.29) is 17.6 Å². The highest BCUT2D eigenvalue weighted by Crippen LogP contribution is 2.32. The molecular weight excluding hydrogens is 282 g/mol. The SMILES string of the molecule is O=S(=O)(NC[C@@](O)(c1ccoc1)c1ccco1)C1CC1. The fraction of sp³-hybridized carbons (Fsp3) is 0.385. The molecule has 1 atom stereocenters. The van der Waals surface area contributed by atoms with Crippen LogP contribution in [-0.4, -0.2) is 25.3 Å². The second kappa shape index (κ2) is 4.76. The summed E-state index contributed by atoms with van der Waals surface area (Å²) in [5.74, 6) is 0.261. The highest BCUT2D eigenvalue weighted by molar-refractivity contribution is 7.90. The van der Waals surface area contributed by atoms with Crippen LogP contribution in [-0.2, 0) is 15.6 Å². The first-order chi connectivity index (χ1) is 9.52. The molecule has 0 amide bonds. The Bertz CT molecular complexity index is 621. The minimum atomic E-state index is -3.38. The lowest BCUT2D eigenvalue weighted by molar-refractivity contribution is 0.0613. The zero-order chi connectivity index (χ0) is 14.2. The largest absolute Gasteiger partial charge is 0.472 e. The van der Waals surface area contributed by atoms with Crippen LogP contribution in [0, 0.1) is 0 Å². The van der Waals surface area contributed by atoms with Crippen molar-refractivity contribution in [3.05, 3.63) is 48.3 Å². The molecule has 3 rings (SSSR count). The Kier molecular flexibility index (Phi) is 3.19. The fourth-order valence-corrected chi connectivity index (χ4v) is 3.45. The quantitative estimate of drug-likeness (QED) is 0.835. The molecule has 0 saturated heterocycles. The Morgan fingerprint density at radius 3 is 2.70 bits per heavy atom. The van der Waals surface area contributed by atoms with Crippen LogP contribution in [0.1, 0.15) is 24.2 Å². The van der Waals surface area contributed by atoms with E-state index in [4.69, 9.17) is 8.83 Å². The van der Waals surface area contributed by atoms with E-state index in [2.05, 4.69) is 4.72 Å². The van der Waals surface area contributed by atoms with Crippen molar-refractivity contribution in [2.24, 2.45) is 0 Å². The number of nitrogens with one attached hydrogen (secondary N) is 1. The molecule has 0 aromatic carbocycles. The molecule has 0 unspecified atom stereocenters. The van der Waals surface area contributed by atoms with Gasteiger partial charge in [-0.3, -0.25) is 0 Å². The van der Waals surface area contributed by atoms with Crippen molar-refractivity contribution in [1.29, 1.82) is 0 Å². The topological polar surface area (TPSA) is 92.7 Å². The first-order valence-electron chi connectivity index (χ1n) is 6.30. The van der Waals surface area contributed by atoms with Gasteiger partial charge in [0.25, 0.3) is 0 Å². The van der Waals surface area contributed by atoms with Gasteiger partial charge in [-0.15, -0.1) is 0 Å². The molecule has 7 heteroatoms. The number of hydrogen-bond acceptors (Lipinski definition) is 5. The Labute approximate surface area is 116 Å². The molecule has 20 heavy (non-hydrogen) atoms. The van der Waals surface area contributed by atoms with Crippen LogP contribution >= 0.6 is 0 Å². The lowest BCUT2D eigenvalue weighted by Crippen LogP contribution is -2.42. The van der Waals surface area contributed by atoms with Crippen molar-refractivity contribution in [3.63, 3.8) is 0 Å². The second-order valence-electron chi connectivity index (χ2n) is 4.92. The summed E-state index contributed by atoms with van der Waals surface area (Å²) in [6, 6.07) is 4.81. The summed E-state index contributed by atoms with van der Waals surface area (Å²) in [6.07, 6.45) is 5.54. The van der Waals surface area contributed by atoms with Gasteiger partial charge in [-0.25, -0.2) is 13.1 Å². The minimum absolute atomic E-state index is 0.196. The van der Waals surface area contributed by atoms with Crippen molar-refractivity contribution < 1.29 is 22.4 Å². The summed E-state index contributed by atoms with van der Waals surface area (Å²) in [5.41, 5.74) is -1.15. The van der Waals surface area contributed by atoms with Gasteiger partial charge in [0.1, 0.15) is 5.76 Å². The molecule has 2 aromatic heterocycles. The maximum absolute atomic E-state index is 11.9. The average Bonchev–Trinajstić information content (AvgIpc) is 2.96. The Balaban J connectivity index is 1.87. The molecule has 0 aliphatic heterocycles. The van der Waals surface area contributed by atoms with Gasteiger partial charge in [0.2, 0.25) is 10.0 Å². The molecule has 2 aromatic rings. The van der Waals surface area contributed by atoms with E-state index in [0.717, 1.165) is 0 Å². The molecule has 108 valence electrons. The number of aliphatic hydroxyl groups is 1. The number of rotatable bonds is 6. The van der Waals surface area contributed by atoms with Crippen LogP contribution in [0.15, 0.2) is 45.8 Å². The van der Waals surface area contributed by atoms with Crippen LogP contribution in [0.5, 0.6) is 0 Å². The van der Waals surface area contributed by atoms with E-state index >= 15 is 0 Å². The summed E-state index contributed by atoms with van der Waals surface area (Å²) in [7, 11) is -3.38. The van der Waals surface area contributed by atoms with Crippen molar-refractivity contribution in [3.8, 4) is 0 Å². The van der Waals surface area contributed by atoms with Gasteiger partial charge in [0, 0.05) is 5.56 Å². The molecule has 1 fully saturated rings. The third-order valence-electron chi connectivity index (χ3n) is 3.42. The van der Waals surface area contributed by atoms with Gasteiger partial charge in [0.05, 0.1) is 30.6 Å². The molecule has 1 aliphatic rings. The van der Waals surface area contributed by atoms with Gasteiger partial charge in [0.15, 0.2) is 5.60 Å². The molecule has 6 nitrogen and oxygen atoms in total. The molecular formula is C13H15NO5S. The summed E-state index contributed by atoms with van der Waals surface area (Å²) in [4.78, 5) is 0. The molecule has 1 saturated carbocycles. The van der Waals surface area contributed by atoms with Gasteiger partial charge in [-0.05, 0) is 31.0 Å². The van der Waals surface area contributed by atoms with Crippen molar-refractivity contribution in [1.82, 2.24) is 4.72 Å². The molecule has 0 radical (unpaired) electrons. The van der Waals surface area contributed by atoms with Crippen molar-refractivity contribution >= 4 is 10.0 Å². The van der Waals surface area contributed by atoms with Crippen LogP contribution in [0.2, 0.25) is 0 Å². The lowest BCUT2D eigenvalue weighted by Gasteiger charge is -2.25. The number of hydrogen-bond donors (Lipinski definition) is 2. The summed E-state index contributed by atoms with van der Waals surface area (Å²) >= 11 is 0. The lowest BCUT2D eigenvalue weighted by atomic mass is 9.94. The fourth-order valence-electron chi connectivity index (χ4n) is 2.05. The van der Waals surface area contributed by atoms with E-state index in [1.54, 1.807) is 18.2 Å². The van der Waals surface area contributed by atoms with Crippen molar-refractivity contribution in [2.45, 2.75) is 23.7 Å². The summed E-state index contributed by atoms with van der Waals surface area (Å²) in [6.45, 7) is -0.196. The molecule has 0 spiro atoms. The van der Waals surface area contributed by atoms with E-state index in [1.807, 2.05) is 0 Å². The van der Waals surface area contributed by atoms with Crippen LogP contribution < -0.4 is 4.72 Å². The van der Waals surface area contributed by atoms with Crippen LogP contribution in [0.3, 0.4) is 0 Å². The predicted molar refractivity (Wildman–Crippen MR) is 70.4 cm³/mol. The smallest absolute Gasteiger partial charge is 0.214 e. The Morgan fingerprint density at radius 1 is 1.35 bits per heavy atom. The van der Waals surface area contributed by atoms with Gasteiger partial charge >= 0.3 is 0 Å². The maximum Gasteiger partial charge on any atom is 0.214 e. The third-order valence-corrected chi connectivity index (χ3v) is 5.32. The first kappa shape index (κ1) is 13.4. The molecule has 2 heterocycles. The van der Waals surface area contributed by atoms with Crippen LogP contribution in [0.25, 0.3) is 0 Å². The van der Waals surface area contributed by atoms with E-state index in [0.29, 0.717) is 18.4 Å². The van der Waals surface area contributed by atoms with E-state index in [9.17, 15) is 13.5 Å². The zero-order valence-electron chi connectivity index (χ0n) is 10.7. The van der Waals surface area contributed by atoms with Crippen LogP contribution in [0.4, 0.5) is 0 Å². The second-order valence-corrected chi connectivity index (χ2v) is 6.96. The van der Waals surface area contributed by atoms with E-state index in [1.165, 1.54) is 18.8 Å². The van der Waals surface area contributed by atoms with Gasteiger partial charge in [-0.2, -0.15) is 0 Å². The van der Waals surface area contributed by atoms with Crippen molar-refractivity contribution in [2.75, 3.05) is 6.54 Å². The molecule has 1 aliphatic carbocycles. The average molecular weight is 297 g/mol. The monoisotopic (exact) mass is 297 g/mol.